The van der Waals surface area contributed by atoms with E-state index >= 15 is 0 Å². The number of epoxide rings is 1. The SMILES string of the molecule is OCCOCCOCCOCCOCCOCC(OCC1CO1)c1ccccc1. The van der Waals surface area contributed by atoms with E-state index in [1.807, 2.05) is 30.3 Å². The molecule has 1 aromatic carbocycles. The lowest BCUT2D eigenvalue weighted by molar-refractivity contribution is -0.0431. The summed E-state index contributed by atoms with van der Waals surface area (Å²) in [6, 6.07) is 10.1. The van der Waals surface area contributed by atoms with Gasteiger partial charge in [-0.25, -0.2) is 0 Å². The van der Waals surface area contributed by atoms with Crippen LogP contribution >= 0.6 is 0 Å². The summed E-state index contributed by atoms with van der Waals surface area (Å²) in [7, 11) is 0. The maximum atomic E-state index is 8.56. The molecule has 8 nitrogen and oxygen atoms in total. The molecule has 166 valence electrons. The fourth-order valence-corrected chi connectivity index (χ4v) is 2.43. The average Bonchev–Trinajstić information content (AvgIpc) is 3.58. The van der Waals surface area contributed by atoms with Crippen molar-refractivity contribution in [1.29, 1.82) is 0 Å². The smallest absolute Gasteiger partial charge is 0.106 e. The molecular formula is C21H34O8. The van der Waals surface area contributed by atoms with E-state index in [1.165, 1.54) is 0 Å². The van der Waals surface area contributed by atoms with Crippen molar-refractivity contribution in [3.63, 3.8) is 0 Å². The van der Waals surface area contributed by atoms with Crippen LogP contribution in [-0.2, 0) is 33.2 Å². The molecule has 0 aromatic heterocycles. The van der Waals surface area contributed by atoms with Gasteiger partial charge >= 0.3 is 0 Å². The predicted octanol–water partition coefficient (Wildman–Crippen LogP) is 1.22. The Kier molecular flexibility index (Phi) is 13.9. The van der Waals surface area contributed by atoms with Gasteiger partial charge in [0.15, 0.2) is 0 Å². The normalized spacial score (nSPS) is 16.8. The summed E-state index contributed by atoms with van der Waals surface area (Å²) in [5.41, 5.74) is 1.10. The fraction of sp³-hybridized carbons (Fsp3) is 0.714. The first-order valence-electron chi connectivity index (χ1n) is 10.2. The largest absolute Gasteiger partial charge is 0.394 e. The molecule has 2 atom stereocenters. The fourth-order valence-electron chi connectivity index (χ4n) is 2.43. The van der Waals surface area contributed by atoms with E-state index < -0.39 is 0 Å². The summed E-state index contributed by atoms with van der Waals surface area (Å²) >= 11 is 0. The van der Waals surface area contributed by atoms with Crippen LogP contribution in [0.5, 0.6) is 0 Å². The molecule has 0 radical (unpaired) electrons. The molecule has 0 bridgehead atoms. The molecule has 1 aliphatic heterocycles. The first-order chi connectivity index (χ1) is 14.4. The Labute approximate surface area is 172 Å². The lowest BCUT2D eigenvalue weighted by Gasteiger charge is -2.18. The Morgan fingerprint density at radius 1 is 0.793 bits per heavy atom. The number of hydrogen-bond acceptors (Lipinski definition) is 8. The van der Waals surface area contributed by atoms with Crippen molar-refractivity contribution in [2.75, 3.05) is 85.9 Å². The van der Waals surface area contributed by atoms with E-state index in [4.69, 9.17) is 38.3 Å². The third-order valence-electron chi connectivity index (χ3n) is 4.05. The lowest BCUT2D eigenvalue weighted by atomic mass is 10.1. The minimum atomic E-state index is -0.0993. The van der Waals surface area contributed by atoms with Crippen LogP contribution in [-0.4, -0.2) is 97.1 Å². The van der Waals surface area contributed by atoms with E-state index in [1.54, 1.807) is 0 Å². The summed E-state index contributed by atoms with van der Waals surface area (Å²) in [6.45, 7) is 6.28. The summed E-state index contributed by atoms with van der Waals surface area (Å²) < 4.78 is 38.2. The number of benzene rings is 1. The maximum Gasteiger partial charge on any atom is 0.106 e. The van der Waals surface area contributed by atoms with Crippen LogP contribution in [0.25, 0.3) is 0 Å². The summed E-state index contributed by atoms with van der Waals surface area (Å²) in [5.74, 6) is 0. The summed E-state index contributed by atoms with van der Waals surface area (Å²) in [4.78, 5) is 0. The van der Waals surface area contributed by atoms with E-state index in [2.05, 4.69) is 0 Å². The molecule has 1 fully saturated rings. The Hall–Kier alpha value is -1.10. The highest BCUT2D eigenvalue weighted by Gasteiger charge is 2.24. The molecule has 1 heterocycles. The quantitative estimate of drug-likeness (QED) is 0.252. The standard InChI is InChI=1S/C21H34O8/c22-6-7-23-8-9-24-10-11-25-12-13-26-14-15-27-18-21(29-17-20-16-28-20)19-4-2-1-3-5-19/h1-5,20-22H,6-18H2. The monoisotopic (exact) mass is 414 g/mol. The minimum Gasteiger partial charge on any atom is -0.394 e. The Balaban J connectivity index is 1.39. The van der Waals surface area contributed by atoms with Crippen LogP contribution in [0.15, 0.2) is 30.3 Å². The zero-order chi connectivity index (χ0) is 20.4. The van der Waals surface area contributed by atoms with Crippen LogP contribution in [0.2, 0.25) is 0 Å². The minimum absolute atomic E-state index is 0.0331. The number of ether oxygens (including phenoxy) is 7. The summed E-state index contributed by atoms with van der Waals surface area (Å²) in [6.07, 6.45) is 0.132. The number of aliphatic hydroxyl groups excluding tert-OH is 1. The van der Waals surface area contributed by atoms with Gasteiger partial charge in [-0.05, 0) is 5.56 Å². The van der Waals surface area contributed by atoms with Gasteiger partial charge < -0.3 is 38.3 Å². The molecule has 1 saturated heterocycles. The number of rotatable bonds is 20. The van der Waals surface area contributed by atoms with Gasteiger partial charge in [0.1, 0.15) is 12.2 Å². The zero-order valence-corrected chi connectivity index (χ0v) is 17.0. The van der Waals surface area contributed by atoms with Crippen LogP contribution < -0.4 is 0 Å². The van der Waals surface area contributed by atoms with Crippen molar-refractivity contribution < 1.29 is 38.3 Å². The van der Waals surface area contributed by atoms with Crippen molar-refractivity contribution in [3.05, 3.63) is 35.9 Å². The molecule has 0 aliphatic carbocycles. The highest BCUT2D eigenvalue weighted by atomic mass is 16.6. The first kappa shape index (κ1) is 24.2. The molecule has 8 heteroatoms. The van der Waals surface area contributed by atoms with Crippen LogP contribution in [0.3, 0.4) is 0 Å². The Bertz CT molecular complexity index is 483. The molecule has 1 N–H and O–H groups in total. The van der Waals surface area contributed by atoms with Crippen molar-refractivity contribution in [2.24, 2.45) is 0 Å². The zero-order valence-electron chi connectivity index (χ0n) is 17.0. The van der Waals surface area contributed by atoms with Crippen molar-refractivity contribution >= 4 is 0 Å². The van der Waals surface area contributed by atoms with Gasteiger partial charge in [0.25, 0.3) is 0 Å². The molecule has 0 spiro atoms. The molecule has 2 rings (SSSR count). The molecule has 29 heavy (non-hydrogen) atoms. The van der Waals surface area contributed by atoms with Gasteiger partial charge in [0.2, 0.25) is 0 Å². The highest BCUT2D eigenvalue weighted by molar-refractivity contribution is 5.17. The van der Waals surface area contributed by atoms with Gasteiger partial charge in [-0.2, -0.15) is 0 Å². The summed E-state index contributed by atoms with van der Waals surface area (Å²) in [5, 5.41) is 8.56. The molecular weight excluding hydrogens is 380 g/mol. The van der Waals surface area contributed by atoms with E-state index in [0.717, 1.165) is 12.2 Å². The second kappa shape index (κ2) is 16.7. The van der Waals surface area contributed by atoms with Gasteiger partial charge in [-0.1, -0.05) is 30.3 Å². The number of aliphatic hydroxyl groups is 1. The van der Waals surface area contributed by atoms with Crippen LogP contribution in [0.1, 0.15) is 11.7 Å². The van der Waals surface area contributed by atoms with Crippen LogP contribution in [0.4, 0.5) is 0 Å². The second-order valence-electron chi connectivity index (χ2n) is 6.44. The van der Waals surface area contributed by atoms with Gasteiger partial charge in [0, 0.05) is 0 Å². The average molecular weight is 414 g/mol. The van der Waals surface area contributed by atoms with Gasteiger partial charge in [-0.15, -0.1) is 0 Å². The first-order valence-corrected chi connectivity index (χ1v) is 10.2. The lowest BCUT2D eigenvalue weighted by Crippen LogP contribution is -2.17. The van der Waals surface area contributed by atoms with E-state index in [9.17, 15) is 0 Å². The molecule has 0 amide bonds. The maximum absolute atomic E-state index is 8.56. The second-order valence-corrected chi connectivity index (χ2v) is 6.44. The third kappa shape index (κ3) is 12.9. The Morgan fingerprint density at radius 3 is 1.83 bits per heavy atom. The highest BCUT2D eigenvalue weighted by Crippen LogP contribution is 2.20. The van der Waals surface area contributed by atoms with Gasteiger partial charge in [0.05, 0.1) is 85.9 Å². The molecule has 2 unspecified atom stereocenters. The van der Waals surface area contributed by atoms with Crippen molar-refractivity contribution in [1.82, 2.24) is 0 Å². The predicted molar refractivity (Wildman–Crippen MR) is 106 cm³/mol. The van der Waals surface area contributed by atoms with E-state index in [0.29, 0.717) is 72.7 Å². The van der Waals surface area contributed by atoms with E-state index in [-0.39, 0.29) is 18.8 Å². The molecule has 0 saturated carbocycles. The van der Waals surface area contributed by atoms with Crippen molar-refractivity contribution in [3.8, 4) is 0 Å². The molecule has 1 aromatic rings. The Morgan fingerprint density at radius 2 is 1.31 bits per heavy atom. The third-order valence-corrected chi connectivity index (χ3v) is 4.05. The topological polar surface area (TPSA) is 88.1 Å². The number of hydrogen-bond donors (Lipinski definition) is 1. The van der Waals surface area contributed by atoms with Crippen LogP contribution in [0, 0.1) is 0 Å². The molecule has 1 aliphatic rings. The van der Waals surface area contributed by atoms with Gasteiger partial charge in [-0.3, -0.25) is 0 Å². The van der Waals surface area contributed by atoms with Crippen molar-refractivity contribution in [2.45, 2.75) is 12.2 Å².